The van der Waals surface area contributed by atoms with Crippen LogP contribution in [0.3, 0.4) is 0 Å². The third-order valence-electron chi connectivity index (χ3n) is 7.26. The molecule has 0 saturated heterocycles. The first-order chi connectivity index (χ1) is 15.1. The standard InChI is InChI=1S/C25H30N4O2/c1-2-31-24(30)21-3-4-22(23(8-21)28-14-20-12-26-16-27-13-20)29-15-25-9-17-5-18(10-25)7-19(6-17)11-25/h3-4,8,12-14,16-19,29H,2,5-7,9-11,15H2,1H3. The van der Waals surface area contributed by atoms with Crippen LogP contribution >= 0.6 is 0 Å². The van der Waals surface area contributed by atoms with Crippen LogP contribution in [0.1, 0.15) is 61.4 Å². The average Bonchev–Trinajstić information content (AvgIpc) is 2.76. The van der Waals surface area contributed by atoms with Crippen LogP contribution in [0, 0.1) is 23.2 Å². The van der Waals surface area contributed by atoms with Crippen molar-refractivity contribution in [2.75, 3.05) is 18.5 Å². The highest BCUT2D eigenvalue weighted by atomic mass is 16.5. The van der Waals surface area contributed by atoms with E-state index in [0.29, 0.717) is 17.6 Å². The Kier molecular flexibility index (Phi) is 5.47. The van der Waals surface area contributed by atoms with Gasteiger partial charge in [0.2, 0.25) is 0 Å². The highest BCUT2D eigenvalue weighted by Crippen LogP contribution is 2.60. The highest BCUT2D eigenvalue weighted by Gasteiger charge is 2.50. The molecule has 1 aromatic heterocycles. The fraction of sp³-hybridized carbons (Fsp3) is 0.520. The molecule has 1 N–H and O–H groups in total. The van der Waals surface area contributed by atoms with E-state index < -0.39 is 0 Å². The number of nitrogens with zero attached hydrogens (tertiary/aromatic N) is 3. The summed E-state index contributed by atoms with van der Waals surface area (Å²) < 4.78 is 5.18. The summed E-state index contributed by atoms with van der Waals surface area (Å²) in [5.41, 5.74) is 3.44. The van der Waals surface area contributed by atoms with Gasteiger partial charge in [0.05, 0.1) is 23.5 Å². The number of ether oxygens (including phenoxy) is 1. The molecule has 162 valence electrons. The minimum atomic E-state index is -0.324. The zero-order chi connectivity index (χ0) is 21.3. The molecule has 4 aliphatic carbocycles. The van der Waals surface area contributed by atoms with Crippen molar-refractivity contribution in [3.05, 3.63) is 48.0 Å². The van der Waals surface area contributed by atoms with Crippen molar-refractivity contribution in [2.24, 2.45) is 28.2 Å². The largest absolute Gasteiger partial charge is 0.462 e. The second-order valence-electron chi connectivity index (χ2n) is 9.65. The van der Waals surface area contributed by atoms with Gasteiger partial charge in [-0.25, -0.2) is 14.8 Å². The van der Waals surface area contributed by atoms with E-state index in [0.717, 1.165) is 41.2 Å². The number of rotatable bonds is 7. The van der Waals surface area contributed by atoms with Gasteiger partial charge in [-0.15, -0.1) is 0 Å². The van der Waals surface area contributed by atoms with Crippen LogP contribution in [0.4, 0.5) is 11.4 Å². The van der Waals surface area contributed by atoms with E-state index >= 15 is 0 Å². The summed E-state index contributed by atoms with van der Waals surface area (Å²) in [6, 6.07) is 5.59. The van der Waals surface area contributed by atoms with Crippen LogP contribution in [0.5, 0.6) is 0 Å². The maximum atomic E-state index is 12.3. The molecule has 31 heavy (non-hydrogen) atoms. The lowest BCUT2D eigenvalue weighted by molar-refractivity contribution is -0.0444. The van der Waals surface area contributed by atoms with E-state index in [1.807, 2.05) is 19.1 Å². The Labute approximate surface area is 183 Å². The lowest BCUT2D eigenvalue weighted by Crippen LogP contribution is -2.49. The van der Waals surface area contributed by atoms with Crippen molar-refractivity contribution in [2.45, 2.75) is 45.4 Å². The maximum absolute atomic E-state index is 12.3. The van der Waals surface area contributed by atoms with Gasteiger partial charge in [-0.3, -0.25) is 4.99 Å². The predicted octanol–water partition coefficient (Wildman–Crippen LogP) is 5.03. The van der Waals surface area contributed by atoms with Gasteiger partial charge in [0, 0.05) is 30.7 Å². The number of aromatic nitrogens is 2. The monoisotopic (exact) mass is 418 g/mol. The number of carbonyl (C=O) groups excluding carboxylic acids is 1. The van der Waals surface area contributed by atoms with Gasteiger partial charge in [0.15, 0.2) is 0 Å². The summed E-state index contributed by atoms with van der Waals surface area (Å²) in [4.78, 5) is 25.0. The quantitative estimate of drug-likeness (QED) is 0.504. The van der Waals surface area contributed by atoms with Gasteiger partial charge in [-0.2, -0.15) is 0 Å². The first-order valence-corrected chi connectivity index (χ1v) is 11.5. The Balaban J connectivity index is 1.38. The zero-order valence-electron chi connectivity index (χ0n) is 18.1. The van der Waals surface area contributed by atoms with Crippen LogP contribution in [0.15, 0.2) is 41.9 Å². The maximum Gasteiger partial charge on any atom is 0.338 e. The Morgan fingerprint density at radius 1 is 1.16 bits per heavy atom. The van der Waals surface area contributed by atoms with Gasteiger partial charge in [-0.05, 0) is 86.8 Å². The second-order valence-corrected chi connectivity index (χ2v) is 9.65. The van der Waals surface area contributed by atoms with E-state index in [1.54, 1.807) is 24.7 Å². The molecule has 6 nitrogen and oxygen atoms in total. The lowest BCUT2D eigenvalue weighted by Gasteiger charge is -2.57. The zero-order valence-corrected chi connectivity index (χ0v) is 18.1. The highest BCUT2D eigenvalue weighted by molar-refractivity contribution is 5.93. The number of carbonyl (C=O) groups is 1. The van der Waals surface area contributed by atoms with E-state index in [1.165, 1.54) is 44.9 Å². The Hall–Kier alpha value is -2.76. The molecule has 2 aromatic rings. The molecule has 0 aliphatic heterocycles. The van der Waals surface area contributed by atoms with Gasteiger partial charge in [0.25, 0.3) is 0 Å². The third-order valence-corrected chi connectivity index (χ3v) is 7.26. The number of hydrogen-bond acceptors (Lipinski definition) is 6. The summed E-state index contributed by atoms with van der Waals surface area (Å²) in [5.74, 6) is 2.45. The number of aliphatic imine (C=N–C) groups is 1. The predicted molar refractivity (Wildman–Crippen MR) is 121 cm³/mol. The summed E-state index contributed by atoms with van der Waals surface area (Å²) in [5, 5.41) is 3.71. The third kappa shape index (κ3) is 4.34. The Morgan fingerprint density at radius 2 is 1.84 bits per heavy atom. The van der Waals surface area contributed by atoms with E-state index in [9.17, 15) is 4.79 Å². The Bertz CT molecular complexity index is 937. The molecule has 4 fully saturated rings. The molecule has 0 amide bonds. The minimum absolute atomic E-state index is 0.324. The van der Waals surface area contributed by atoms with E-state index in [4.69, 9.17) is 4.74 Å². The molecule has 0 spiro atoms. The van der Waals surface area contributed by atoms with Gasteiger partial charge in [-0.1, -0.05) is 0 Å². The van der Waals surface area contributed by atoms with Crippen LogP contribution in [-0.2, 0) is 4.74 Å². The van der Waals surface area contributed by atoms with Crippen molar-refractivity contribution < 1.29 is 9.53 Å². The Morgan fingerprint density at radius 3 is 2.48 bits per heavy atom. The number of esters is 1. The molecule has 6 heteroatoms. The summed E-state index contributed by atoms with van der Waals surface area (Å²) in [7, 11) is 0. The first-order valence-electron chi connectivity index (χ1n) is 11.5. The second kappa shape index (κ2) is 8.40. The summed E-state index contributed by atoms with van der Waals surface area (Å²) in [6.45, 7) is 3.14. The molecule has 0 unspecified atom stereocenters. The SMILES string of the molecule is CCOC(=O)c1ccc(NCC23CC4CC(CC(C4)C2)C3)c(N=Cc2cncnc2)c1. The topological polar surface area (TPSA) is 76.5 Å². The van der Waals surface area contributed by atoms with Crippen LogP contribution in [0.25, 0.3) is 0 Å². The molecule has 0 radical (unpaired) electrons. The molecule has 6 rings (SSSR count). The molecular formula is C25H30N4O2. The summed E-state index contributed by atoms with van der Waals surface area (Å²) >= 11 is 0. The lowest BCUT2D eigenvalue weighted by atomic mass is 9.49. The molecule has 1 aromatic carbocycles. The van der Waals surface area contributed by atoms with Crippen molar-refractivity contribution in [3.63, 3.8) is 0 Å². The van der Waals surface area contributed by atoms with Crippen molar-refractivity contribution in [3.8, 4) is 0 Å². The van der Waals surface area contributed by atoms with E-state index in [2.05, 4.69) is 20.3 Å². The molecular weight excluding hydrogens is 388 g/mol. The van der Waals surface area contributed by atoms with Crippen molar-refractivity contribution >= 4 is 23.6 Å². The number of anilines is 1. The number of benzene rings is 1. The van der Waals surface area contributed by atoms with Crippen LogP contribution in [0.2, 0.25) is 0 Å². The molecule has 4 saturated carbocycles. The van der Waals surface area contributed by atoms with E-state index in [-0.39, 0.29) is 5.97 Å². The number of nitrogens with one attached hydrogen (secondary N) is 1. The first kappa shape index (κ1) is 20.2. The number of hydrogen-bond donors (Lipinski definition) is 1. The summed E-state index contributed by atoms with van der Waals surface area (Å²) in [6.07, 6.45) is 15.1. The van der Waals surface area contributed by atoms with Gasteiger partial charge < -0.3 is 10.1 Å². The minimum Gasteiger partial charge on any atom is -0.462 e. The van der Waals surface area contributed by atoms with Gasteiger partial charge >= 0.3 is 5.97 Å². The van der Waals surface area contributed by atoms with Crippen LogP contribution in [-0.4, -0.2) is 35.3 Å². The fourth-order valence-electron chi connectivity index (χ4n) is 6.44. The average molecular weight is 419 g/mol. The van der Waals surface area contributed by atoms with Crippen LogP contribution < -0.4 is 5.32 Å². The molecule has 4 bridgehead atoms. The normalized spacial score (nSPS) is 28.7. The van der Waals surface area contributed by atoms with Crippen molar-refractivity contribution in [1.82, 2.24) is 9.97 Å². The molecule has 0 atom stereocenters. The van der Waals surface area contributed by atoms with Gasteiger partial charge in [0.1, 0.15) is 6.33 Å². The fourth-order valence-corrected chi connectivity index (χ4v) is 6.44. The smallest absolute Gasteiger partial charge is 0.338 e. The molecule has 4 aliphatic rings. The van der Waals surface area contributed by atoms with Crippen molar-refractivity contribution in [1.29, 1.82) is 0 Å². The molecule has 1 heterocycles.